The highest BCUT2D eigenvalue weighted by molar-refractivity contribution is 7.99. The van der Waals surface area contributed by atoms with Crippen molar-refractivity contribution in [2.24, 2.45) is 0 Å². The Morgan fingerprint density at radius 3 is 2.20 bits per heavy atom. The Hall–Kier alpha value is -2.34. The van der Waals surface area contributed by atoms with Gasteiger partial charge in [0.15, 0.2) is 0 Å². The van der Waals surface area contributed by atoms with Crippen molar-refractivity contribution in [3.63, 3.8) is 0 Å². The molecule has 2 amide bonds. The van der Waals surface area contributed by atoms with E-state index >= 15 is 0 Å². The summed E-state index contributed by atoms with van der Waals surface area (Å²) >= 11 is 1.47. The van der Waals surface area contributed by atoms with Gasteiger partial charge in [-0.1, -0.05) is 48.9 Å². The van der Waals surface area contributed by atoms with Crippen LogP contribution in [0.1, 0.15) is 43.9 Å². The molecular weight excluding hydrogens is 399 g/mol. The summed E-state index contributed by atoms with van der Waals surface area (Å²) < 4.78 is 13.1. The lowest BCUT2D eigenvalue weighted by molar-refractivity contribution is -0.139. The molecule has 2 rings (SSSR count). The van der Waals surface area contributed by atoms with Gasteiger partial charge in [-0.3, -0.25) is 9.59 Å². The Morgan fingerprint density at radius 2 is 1.63 bits per heavy atom. The van der Waals surface area contributed by atoms with Gasteiger partial charge in [0.1, 0.15) is 11.9 Å². The minimum absolute atomic E-state index is 0.00993. The summed E-state index contributed by atoms with van der Waals surface area (Å²) in [4.78, 5) is 27.5. The number of nitrogens with one attached hydrogen (secondary N) is 1. The number of carbonyl (C=O) groups is 2. The van der Waals surface area contributed by atoms with E-state index < -0.39 is 6.04 Å². The van der Waals surface area contributed by atoms with E-state index in [0.717, 1.165) is 16.7 Å². The lowest BCUT2D eigenvalue weighted by atomic mass is 10.1. The van der Waals surface area contributed by atoms with Gasteiger partial charge in [0, 0.05) is 18.3 Å². The minimum atomic E-state index is -0.521. The maximum atomic E-state index is 13.1. The number of thioether (sulfide) groups is 1. The molecule has 2 aromatic rings. The second-order valence-electron chi connectivity index (χ2n) is 7.71. The first kappa shape index (κ1) is 23.9. The maximum Gasteiger partial charge on any atom is 0.243 e. The molecular formula is C24H31FN2O2S. The zero-order valence-corrected chi connectivity index (χ0v) is 19.0. The van der Waals surface area contributed by atoms with Gasteiger partial charge in [-0.15, -0.1) is 11.8 Å². The highest BCUT2D eigenvalue weighted by Crippen LogP contribution is 2.18. The fourth-order valence-electron chi connectivity index (χ4n) is 3.11. The van der Waals surface area contributed by atoms with E-state index in [1.165, 1.54) is 23.9 Å². The predicted octanol–water partition coefficient (Wildman–Crippen LogP) is 4.70. The number of nitrogens with zero attached hydrogens (tertiary/aromatic N) is 1. The van der Waals surface area contributed by atoms with Crippen molar-refractivity contribution >= 4 is 23.6 Å². The van der Waals surface area contributed by atoms with E-state index in [9.17, 15) is 14.0 Å². The largest absolute Gasteiger partial charge is 0.352 e. The Morgan fingerprint density at radius 1 is 1.03 bits per heavy atom. The number of aryl methyl sites for hydroxylation is 1. The van der Waals surface area contributed by atoms with Crippen molar-refractivity contribution in [3.8, 4) is 0 Å². The molecule has 0 fully saturated rings. The number of amides is 2. The molecule has 0 radical (unpaired) electrons. The molecule has 0 unspecified atom stereocenters. The monoisotopic (exact) mass is 430 g/mol. The van der Waals surface area contributed by atoms with Gasteiger partial charge in [0.2, 0.25) is 11.8 Å². The molecule has 162 valence electrons. The topological polar surface area (TPSA) is 49.4 Å². The van der Waals surface area contributed by atoms with Crippen LogP contribution in [0.2, 0.25) is 0 Å². The summed E-state index contributed by atoms with van der Waals surface area (Å²) in [5, 5.41) is 2.94. The molecule has 0 aromatic heterocycles. The molecule has 0 spiro atoms. The summed E-state index contributed by atoms with van der Waals surface area (Å²) in [5.74, 6) is 0.393. The summed E-state index contributed by atoms with van der Waals surface area (Å²) in [7, 11) is 0. The average Bonchev–Trinajstić information content (AvgIpc) is 2.70. The van der Waals surface area contributed by atoms with Crippen LogP contribution < -0.4 is 5.32 Å². The van der Waals surface area contributed by atoms with Crippen LogP contribution in [0.25, 0.3) is 0 Å². The molecule has 6 heteroatoms. The fraction of sp³-hybridized carbons (Fsp3) is 0.417. The van der Waals surface area contributed by atoms with Crippen LogP contribution in [-0.4, -0.2) is 34.6 Å². The molecule has 4 nitrogen and oxygen atoms in total. The highest BCUT2D eigenvalue weighted by Gasteiger charge is 2.28. The Kier molecular flexibility index (Phi) is 9.37. The van der Waals surface area contributed by atoms with Gasteiger partial charge >= 0.3 is 0 Å². The summed E-state index contributed by atoms with van der Waals surface area (Å²) in [5.41, 5.74) is 3.10. The lowest BCUT2D eigenvalue weighted by Gasteiger charge is -2.31. The van der Waals surface area contributed by atoms with Crippen molar-refractivity contribution in [3.05, 3.63) is 71.0 Å². The van der Waals surface area contributed by atoms with Crippen LogP contribution in [0.4, 0.5) is 4.39 Å². The van der Waals surface area contributed by atoms with Crippen LogP contribution in [-0.2, 0) is 21.9 Å². The van der Waals surface area contributed by atoms with Gasteiger partial charge in [-0.25, -0.2) is 4.39 Å². The molecule has 0 aliphatic heterocycles. The summed E-state index contributed by atoms with van der Waals surface area (Å²) in [6, 6.07) is 13.8. The number of hydrogen-bond donors (Lipinski definition) is 1. The molecule has 0 bridgehead atoms. The van der Waals surface area contributed by atoms with E-state index in [1.54, 1.807) is 17.0 Å². The Labute approximate surface area is 183 Å². The van der Waals surface area contributed by atoms with Gasteiger partial charge in [-0.2, -0.15) is 0 Å². The molecule has 1 atom stereocenters. The van der Waals surface area contributed by atoms with Crippen LogP contribution in [0.15, 0.2) is 48.5 Å². The first-order chi connectivity index (χ1) is 14.3. The minimum Gasteiger partial charge on any atom is -0.352 e. The van der Waals surface area contributed by atoms with Gasteiger partial charge in [0.25, 0.3) is 0 Å². The van der Waals surface area contributed by atoms with Crippen molar-refractivity contribution in [1.29, 1.82) is 0 Å². The molecule has 0 aliphatic carbocycles. The van der Waals surface area contributed by atoms with Crippen molar-refractivity contribution in [2.75, 3.05) is 5.75 Å². The quantitative estimate of drug-likeness (QED) is 0.594. The van der Waals surface area contributed by atoms with Crippen LogP contribution >= 0.6 is 11.8 Å². The van der Waals surface area contributed by atoms with E-state index in [0.29, 0.717) is 18.7 Å². The number of halogens is 1. The van der Waals surface area contributed by atoms with Gasteiger partial charge < -0.3 is 10.2 Å². The van der Waals surface area contributed by atoms with E-state index in [2.05, 4.69) is 5.32 Å². The third-order valence-corrected chi connectivity index (χ3v) is 5.69. The Balaban J connectivity index is 2.11. The highest BCUT2D eigenvalue weighted by atomic mass is 32.2. The second-order valence-corrected chi connectivity index (χ2v) is 8.70. The number of benzene rings is 2. The van der Waals surface area contributed by atoms with Crippen molar-refractivity contribution < 1.29 is 14.0 Å². The molecule has 1 N–H and O–H groups in total. The Bertz CT molecular complexity index is 822. The molecule has 0 saturated heterocycles. The van der Waals surface area contributed by atoms with Crippen molar-refractivity contribution in [1.82, 2.24) is 10.2 Å². The van der Waals surface area contributed by atoms with E-state index in [-0.39, 0.29) is 29.4 Å². The second kappa shape index (κ2) is 11.7. The molecule has 30 heavy (non-hydrogen) atoms. The average molecular weight is 431 g/mol. The molecule has 0 aliphatic rings. The first-order valence-electron chi connectivity index (χ1n) is 10.3. The fourth-order valence-corrected chi connectivity index (χ4v) is 3.98. The zero-order chi connectivity index (χ0) is 22.1. The normalized spacial score (nSPS) is 11.9. The standard InChI is InChI=1S/C24H31FN2O2S/c1-5-22(24(29)26-17(2)3)27(14-19-8-6-18(4)7-9-19)23(28)16-30-15-20-10-12-21(25)13-11-20/h6-13,17,22H,5,14-16H2,1-4H3,(H,26,29)/t22-/m1/s1. The van der Waals surface area contributed by atoms with Crippen LogP contribution in [0.5, 0.6) is 0 Å². The predicted molar refractivity (Wildman–Crippen MR) is 122 cm³/mol. The maximum absolute atomic E-state index is 13.1. The molecule has 0 heterocycles. The van der Waals surface area contributed by atoms with E-state index in [1.807, 2.05) is 52.0 Å². The summed E-state index contributed by atoms with van der Waals surface area (Å²) in [6.07, 6.45) is 0.540. The van der Waals surface area contributed by atoms with E-state index in [4.69, 9.17) is 0 Å². The third kappa shape index (κ3) is 7.48. The van der Waals surface area contributed by atoms with Gasteiger partial charge in [0.05, 0.1) is 5.75 Å². The SMILES string of the molecule is CC[C@H](C(=O)NC(C)C)N(Cc1ccc(C)cc1)C(=O)CSCc1ccc(F)cc1. The third-order valence-electron chi connectivity index (χ3n) is 4.70. The van der Waals surface area contributed by atoms with Crippen LogP contribution in [0, 0.1) is 12.7 Å². The summed E-state index contributed by atoms with van der Waals surface area (Å²) in [6.45, 7) is 8.15. The zero-order valence-electron chi connectivity index (χ0n) is 18.2. The number of rotatable bonds is 10. The first-order valence-corrected chi connectivity index (χ1v) is 11.4. The smallest absolute Gasteiger partial charge is 0.243 e. The number of hydrogen-bond acceptors (Lipinski definition) is 3. The lowest BCUT2D eigenvalue weighted by Crippen LogP contribution is -2.50. The van der Waals surface area contributed by atoms with Crippen LogP contribution in [0.3, 0.4) is 0 Å². The number of carbonyl (C=O) groups excluding carboxylic acids is 2. The van der Waals surface area contributed by atoms with Gasteiger partial charge in [-0.05, 0) is 50.5 Å². The molecule has 2 aromatic carbocycles. The molecule has 0 saturated carbocycles. The van der Waals surface area contributed by atoms with Crippen molar-refractivity contribution in [2.45, 2.75) is 58.5 Å².